The minimum atomic E-state index is -0.731. The molecule has 1 atom stereocenters. The van der Waals surface area contributed by atoms with Gasteiger partial charge >= 0.3 is 6.09 Å². The van der Waals surface area contributed by atoms with E-state index in [2.05, 4.69) is 25.7 Å². The largest absolute Gasteiger partial charge is 0.443 e. The third-order valence-electron chi connectivity index (χ3n) is 5.63. The summed E-state index contributed by atoms with van der Waals surface area (Å²) >= 11 is 6.20. The van der Waals surface area contributed by atoms with Crippen molar-refractivity contribution in [2.45, 2.75) is 39.0 Å². The van der Waals surface area contributed by atoms with E-state index in [4.69, 9.17) is 26.8 Å². The number of rotatable bonds is 8. The molecule has 0 radical (unpaired) electrons. The maximum absolute atomic E-state index is 13.1. The number of imidazole rings is 1. The Morgan fingerprint density at radius 3 is 2.72 bits per heavy atom. The van der Waals surface area contributed by atoms with Gasteiger partial charge in [0.05, 0.1) is 49.0 Å². The summed E-state index contributed by atoms with van der Waals surface area (Å²) in [4.78, 5) is 31.2. The van der Waals surface area contributed by atoms with Crippen LogP contribution in [0.4, 0.5) is 16.2 Å². The second-order valence-corrected chi connectivity index (χ2v) is 10.3. The summed E-state index contributed by atoms with van der Waals surface area (Å²) in [6.07, 6.45) is 0.675. The zero-order chi connectivity index (χ0) is 28.5. The van der Waals surface area contributed by atoms with Crippen LogP contribution in [0.2, 0.25) is 5.15 Å². The number of ether oxygens (including phenoxy) is 2. The van der Waals surface area contributed by atoms with Crippen molar-refractivity contribution < 1.29 is 24.2 Å². The van der Waals surface area contributed by atoms with Gasteiger partial charge in [0.15, 0.2) is 16.5 Å². The van der Waals surface area contributed by atoms with Gasteiger partial charge in [0.2, 0.25) is 0 Å². The first-order valence-corrected chi connectivity index (χ1v) is 12.3. The number of halogens is 1. The fourth-order valence-electron chi connectivity index (χ4n) is 3.77. The molecule has 3 aromatic heterocycles. The molecule has 15 heteroatoms. The Morgan fingerprint density at radius 2 is 2.03 bits per heavy atom. The zero-order valence-corrected chi connectivity index (χ0v) is 22.9. The highest BCUT2D eigenvalue weighted by molar-refractivity contribution is 6.29. The maximum Gasteiger partial charge on any atom is 0.414 e. The molecular weight excluding hydrogens is 530 g/mol. The Morgan fingerprint density at radius 1 is 1.28 bits per heavy atom. The van der Waals surface area contributed by atoms with Gasteiger partial charge in [-0.2, -0.15) is 5.10 Å². The van der Waals surface area contributed by atoms with Crippen molar-refractivity contribution >= 4 is 51.7 Å². The number of aliphatic hydroxyl groups is 1. The molecule has 0 fully saturated rings. The fourth-order valence-corrected chi connectivity index (χ4v) is 3.95. The van der Waals surface area contributed by atoms with Gasteiger partial charge in [-0.05, 0) is 38.5 Å². The first kappa shape index (κ1) is 28.0. The van der Waals surface area contributed by atoms with Gasteiger partial charge in [0, 0.05) is 20.2 Å². The number of fused-ring (bicyclic) bond motifs is 2. The Labute approximate surface area is 228 Å². The lowest BCUT2D eigenvalue weighted by Gasteiger charge is -2.24. The van der Waals surface area contributed by atoms with Gasteiger partial charge in [0.1, 0.15) is 11.1 Å². The number of nitrogens with two attached hydrogens (primary N) is 1. The molecule has 2 amide bonds. The molecule has 208 valence electrons. The Kier molecular flexibility index (Phi) is 7.90. The van der Waals surface area contributed by atoms with Crippen LogP contribution in [-0.2, 0) is 23.1 Å². The molecule has 14 nitrogen and oxygen atoms in total. The number of carbonyl (C=O) groups is 2. The quantitative estimate of drug-likeness (QED) is 0.270. The average Bonchev–Trinajstić information content (AvgIpc) is 3.45. The third kappa shape index (κ3) is 6.19. The molecule has 0 saturated carbocycles. The molecule has 4 N–H and O–H groups in total. The Balaban J connectivity index is 1.46. The Hall–Kier alpha value is -4.01. The third-order valence-corrected chi connectivity index (χ3v) is 5.81. The number of carbonyl (C=O) groups excluding carboxylic acids is 2. The molecule has 4 rings (SSSR count). The molecule has 1 aromatic carbocycles. The van der Waals surface area contributed by atoms with Gasteiger partial charge in [-0.15, -0.1) is 5.10 Å². The van der Waals surface area contributed by atoms with E-state index in [-0.39, 0.29) is 36.3 Å². The first-order chi connectivity index (χ1) is 18.4. The molecular formula is C24H30ClN9O5. The van der Waals surface area contributed by atoms with Crippen LogP contribution in [-0.4, -0.2) is 78.6 Å². The number of hydrogen-bond acceptors (Lipinski definition) is 10. The number of aromatic nitrogens is 6. The number of hydrogen-bond donors (Lipinski definition) is 3. The lowest BCUT2D eigenvalue weighted by Crippen LogP contribution is -2.41. The zero-order valence-electron chi connectivity index (χ0n) is 22.2. The molecule has 0 aliphatic carbocycles. The second-order valence-electron chi connectivity index (χ2n) is 9.90. The maximum atomic E-state index is 13.1. The second kappa shape index (κ2) is 11.0. The summed E-state index contributed by atoms with van der Waals surface area (Å²) in [5.74, 6) is -0.572. The number of benzene rings is 1. The summed E-state index contributed by atoms with van der Waals surface area (Å²) in [5, 5.41) is 24.7. The van der Waals surface area contributed by atoms with Crippen molar-refractivity contribution in [3.05, 3.63) is 40.8 Å². The monoisotopic (exact) mass is 559 g/mol. The highest BCUT2D eigenvalue weighted by Crippen LogP contribution is 2.25. The predicted molar refractivity (Wildman–Crippen MR) is 144 cm³/mol. The molecule has 3 heterocycles. The van der Waals surface area contributed by atoms with Crippen LogP contribution in [0.5, 0.6) is 0 Å². The van der Waals surface area contributed by atoms with E-state index >= 15 is 0 Å². The van der Waals surface area contributed by atoms with Crippen molar-refractivity contribution in [1.29, 1.82) is 0 Å². The minimum absolute atomic E-state index is 0.0152. The van der Waals surface area contributed by atoms with Gasteiger partial charge in [-0.25, -0.2) is 19.0 Å². The minimum Gasteiger partial charge on any atom is -0.443 e. The van der Waals surface area contributed by atoms with Crippen LogP contribution < -0.4 is 16.0 Å². The molecule has 0 bridgehead atoms. The van der Waals surface area contributed by atoms with E-state index in [1.807, 2.05) is 6.07 Å². The lowest BCUT2D eigenvalue weighted by atomic mass is 10.2. The van der Waals surface area contributed by atoms with Gasteiger partial charge in [0.25, 0.3) is 5.91 Å². The van der Waals surface area contributed by atoms with E-state index in [1.165, 1.54) is 28.7 Å². The van der Waals surface area contributed by atoms with Crippen molar-refractivity contribution in [2.75, 3.05) is 30.9 Å². The predicted octanol–water partition coefficient (Wildman–Crippen LogP) is 1.93. The fraction of sp³-hybridized carbons (Fsp3) is 0.417. The van der Waals surface area contributed by atoms with Gasteiger partial charge in [-0.3, -0.25) is 9.69 Å². The molecule has 39 heavy (non-hydrogen) atoms. The van der Waals surface area contributed by atoms with Crippen LogP contribution in [0.1, 0.15) is 36.8 Å². The van der Waals surface area contributed by atoms with Crippen LogP contribution in [0, 0.1) is 0 Å². The van der Waals surface area contributed by atoms with Crippen molar-refractivity contribution in [2.24, 2.45) is 7.05 Å². The number of aliphatic hydroxyl groups excluding tert-OH is 1. The summed E-state index contributed by atoms with van der Waals surface area (Å²) in [7, 11) is 3.26. The number of anilines is 2. The van der Waals surface area contributed by atoms with Crippen LogP contribution in [0.3, 0.4) is 0 Å². The average molecular weight is 560 g/mol. The van der Waals surface area contributed by atoms with E-state index in [9.17, 15) is 14.7 Å². The van der Waals surface area contributed by atoms with Crippen LogP contribution >= 0.6 is 11.6 Å². The van der Waals surface area contributed by atoms with Gasteiger partial charge in [-0.1, -0.05) is 16.8 Å². The van der Waals surface area contributed by atoms with Crippen molar-refractivity contribution in [1.82, 2.24) is 34.9 Å². The van der Waals surface area contributed by atoms with E-state index in [0.717, 1.165) is 11.1 Å². The number of nitrogen functional groups attached to an aromatic ring is 1. The van der Waals surface area contributed by atoms with E-state index in [1.54, 1.807) is 38.6 Å². The number of aryl methyl sites for hydroxylation is 1. The summed E-state index contributed by atoms with van der Waals surface area (Å²) in [5.41, 5.74) is 8.53. The summed E-state index contributed by atoms with van der Waals surface area (Å²) in [6.45, 7) is 5.07. The Bertz CT molecular complexity index is 1530. The smallest absolute Gasteiger partial charge is 0.414 e. The summed E-state index contributed by atoms with van der Waals surface area (Å²) in [6, 6.07) is 4.32. The molecule has 0 spiro atoms. The van der Waals surface area contributed by atoms with Crippen molar-refractivity contribution in [3.63, 3.8) is 0 Å². The normalized spacial score (nSPS) is 12.6. The number of nitrogens with zero attached hydrogens (tertiary/aromatic N) is 7. The first-order valence-electron chi connectivity index (χ1n) is 12.0. The van der Waals surface area contributed by atoms with E-state index < -0.39 is 23.6 Å². The van der Waals surface area contributed by atoms with Crippen LogP contribution in [0.25, 0.3) is 16.7 Å². The number of amides is 2. The highest BCUT2D eigenvalue weighted by atomic mass is 35.5. The molecule has 0 unspecified atom stereocenters. The van der Waals surface area contributed by atoms with Crippen LogP contribution in [0.15, 0.2) is 24.4 Å². The molecule has 4 aromatic rings. The standard InChI is InChI=1S/C24H30ClN9O5/c1-24(2,3)39-23(37)32(4)17-8-19(25)30-34-18(9-27-21(17)34)22(36)28-14(10-35)12-38-11-13-6-15(26)20-16(7-13)33(5)31-29-20/h6-9,14,35H,10-12,26H2,1-5H3,(H,28,36)/t14-/m1/s1. The SMILES string of the molecule is CN(C(=O)OC(C)(C)C)c1cc(Cl)nn2c(C(=O)N[C@H](CO)COCc3cc(N)c4nnn(C)c4c3)cnc12. The van der Waals surface area contributed by atoms with E-state index in [0.29, 0.717) is 16.9 Å². The van der Waals surface area contributed by atoms with Gasteiger partial charge < -0.3 is 25.6 Å². The number of nitrogens with one attached hydrogen (secondary N) is 1. The molecule has 0 aliphatic heterocycles. The topological polar surface area (TPSA) is 175 Å². The highest BCUT2D eigenvalue weighted by Gasteiger charge is 2.25. The lowest BCUT2D eigenvalue weighted by molar-refractivity contribution is 0.0589. The summed E-state index contributed by atoms with van der Waals surface area (Å²) < 4.78 is 14.0. The molecule has 0 saturated heterocycles. The molecule has 0 aliphatic rings. The van der Waals surface area contributed by atoms with Crippen molar-refractivity contribution in [3.8, 4) is 0 Å².